The SMILES string of the molecule is Cc1c(F)cccc1Nc1nccn1C1CCCCC1. The Hall–Kier alpha value is -1.84. The van der Waals surface area contributed by atoms with Crippen LogP contribution in [0.2, 0.25) is 0 Å². The largest absolute Gasteiger partial charge is 0.325 e. The van der Waals surface area contributed by atoms with Gasteiger partial charge in [0.05, 0.1) is 0 Å². The van der Waals surface area contributed by atoms with E-state index >= 15 is 0 Å². The molecule has 0 spiro atoms. The topological polar surface area (TPSA) is 29.9 Å². The molecule has 1 aromatic heterocycles. The van der Waals surface area contributed by atoms with Crippen LogP contribution in [-0.2, 0) is 0 Å². The van der Waals surface area contributed by atoms with Crippen LogP contribution in [0.1, 0.15) is 43.7 Å². The highest BCUT2D eigenvalue weighted by atomic mass is 19.1. The minimum Gasteiger partial charge on any atom is -0.325 e. The molecule has 20 heavy (non-hydrogen) atoms. The molecule has 3 rings (SSSR count). The Morgan fingerprint density at radius 1 is 1.25 bits per heavy atom. The highest BCUT2D eigenvalue weighted by Gasteiger charge is 2.18. The average Bonchev–Trinajstić information content (AvgIpc) is 2.93. The van der Waals surface area contributed by atoms with Gasteiger partial charge in [-0.3, -0.25) is 0 Å². The molecule has 4 heteroatoms. The maximum absolute atomic E-state index is 13.6. The van der Waals surface area contributed by atoms with Gasteiger partial charge in [-0.1, -0.05) is 25.3 Å². The van der Waals surface area contributed by atoms with Crippen LogP contribution < -0.4 is 5.32 Å². The average molecular weight is 273 g/mol. The second kappa shape index (κ2) is 5.65. The van der Waals surface area contributed by atoms with Crippen LogP contribution in [0.3, 0.4) is 0 Å². The second-order valence-corrected chi connectivity index (χ2v) is 5.49. The maximum atomic E-state index is 13.6. The Bertz CT molecular complexity index is 585. The molecule has 0 bridgehead atoms. The number of nitrogens with one attached hydrogen (secondary N) is 1. The second-order valence-electron chi connectivity index (χ2n) is 5.49. The normalized spacial score (nSPS) is 16.3. The van der Waals surface area contributed by atoms with E-state index in [1.54, 1.807) is 13.0 Å². The predicted octanol–water partition coefficient (Wildman–Crippen LogP) is 4.58. The van der Waals surface area contributed by atoms with Gasteiger partial charge in [0.15, 0.2) is 0 Å². The molecular formula is C16H20FN3. The molecule has 1 aliphatic rings. The fourth-order valence-corrected chi connectivity index (χ4v) is 2.93. The summed E-state index contributed by atoms with van der Waals surface area (Å²) in [5.41, 5.74) is 1.42. The molecule has 3 nitrogen and oxygen atoms in total. The molecule has 0 radical (unpaired) electrons. The lowest BCUT2D eigenvalue weighted by molar-refractivity contribution is 0.356. The zero-order chi connectivity index (χ0) is 13.9. The smallest absolute Gasteiger partial charge is 0.207 e. The molecular weight excluding hydrogens is 253 g/mol. The van der Waals surface area contributed by atoms with Crippen molar-refractivity contribution in [1.29, 1.82) is 0 Å². The molecule has 106 valence electrons. The number of anilines is 2. The van der Waals surface area contributed by atoms with E-state index in [1.807, 2.05) is 18.5 Å². The van der Waals surface area contributed by atoms with Gasteiger partial charge < -0.3 is 9.88 Å². The summed E-state index contributed by atoms with van der Waals surface area (Å²) in [4.78, 5) is 4.39. The van der Waals surface area contributed by atoms with E-state index in [1.165, 1.54) is 38.2 Å². The highest BCUT2D eigenvalue weighted by molar-refractivity contribution is 5.58. The predicted molar refractivity (Wildman–Crippen MR) is 78.8 cm³/mol. The summed E-state index contributed by atoms with van der Waals surface area (Å²) >= 11 is 0. The summed E-state index contributed by atoms with van der Waals surface area (Å²) in [6.45, 7) is 1.78. The quantitative estimate of drug-likeness (QED) is 0.887. The highest BCUT2D eigenvalue weighted by Crippen LogP contribution is 2.31. The van der Waals surface area contributed by atoms with Crippen molar-refractivity contribution in [2.24, 2.45) is 0 Å². The minimum absolute atomic E-state index is 0.189. The summed E-state index contributed by atoms with van der Waals surface area (Å²) in [5.74, 6) is 0.622. The Morgan fingerprint density at radius 2 is 2.05 bits per heavy atom. The van der Waals surface area contributed by atoms with Gasteiger partial charge >= 0.3 is 0 Å². The molecule has 1 aromatic carbocycles. The Morgan fingerprint density at radius 3 is 2.85 bits per heavy atom. The van der Waals surface area contributed by atoms with E-state index in [0.717, 1.165) is 11.6 Å². The molecule has 0 atom stereocenters. The lowest BCUT2D eigenvalue weighted by atomic mass is 9.95. The molecule has 1 aliphatic carbocycles. The van der Waals surface area contributed by atoms with Crippen molar-refractivity contribution in [2.75, 3.05) is 5.32 Å². The minimum atomic E-state index is -0.189. The van der Waals surface area contributed by atoms with Crippen LogP contribution in [0.5, 0.6) is 0 Å². The molecule has 1 heterocycles. The van der Waals surface area contributed by atoms with Crippen molar-refractivity contribution in [2.45, 2.75) is 45.1 Å². The van der Waals surface area contributed by atoms with E-state index < -0.39 is 0 Å². The standard InChI is InChI=1S/C16H20FN3/c1-12-14(17)8-5-9-15(12)19-16-18-10-11-20(16)13-6-3-2-4-7-13/h5,8-11,13H,2-4,6-7H2,1H3,(H,18,19). The fourth-order valence-electron chi connectivity index (χ4n) is 2.93. The first-order valence-electron chi connectivity index (χ1n) is 7.30. The fraction of sp³-hybridized carbons (Fsp3) is 0.438. The van der Waals surface area contributed by atoms with E-state index in [-0.39, 0.29) is 5.82 Å². The maximum Gasteiger partial charge on any atom is 0.207 e. The van der Waals surface area contributed by atoms with Crippen LogP contribution >= 0.6 is 0 Å². The summed E-state index contributed by atoms with van der Waals surface area (Å²) in [5, 5.41) is 3.27. The number of rotatable bonds is 3. The van der Waals surface area contributed by atoms with Gasteiger partial charge in [-0.2, -0.15) is 0 Å². The number of hydrogen-bond donors (Lipinski definition) is 1. The summed E-state index contributed by atoms with van der Waals surface area (Å²) in [6, 6.07) is 5.60. The van der Waals surface area contributed by atoms with Gasteiger partial charge in [0.25, 0.3) is 0 Å². The third kappa shape index (κ3) is 2.55. The van der Waals surface area contributed by atoms with Crippen molar-refractivity contribution in [3.05, 3.63) is 42.0 Å². The zero-order valence-electron chi connectivity index (χ0n) is 11.8. The van der Waals surface area contributed by atoms with E-state index in [9.17, 15) is 4.39 Å². The van der Waals surface area contributed by atoms with Gasteiger partial charge in [-0.25, -0.2) is 9.37 Å². The van der Waals surface area contributed by atoms with Crippen molar-refractivity contribution in [1.82, 2.24) is 9.55 Å². The van der Waals surface area contributed by atoms with Crippen LogP contribution in [0, 0.1) is 12.7 Å². The molecule has 0 unspecified atom stereocenters. The first-order valence-corrected chi connectivity index (χ1v) is 7.30. The van der Waals surface area contributed by atoms with Gasteiger partial charge in [-0.05, 0) is 31.9 Å². The van der Waals surface area contributed by atoms with Crippen LogP contribution in [-0.4, -0.2) is 9.55 Å². The van der Waals surface area contributed by atoms with Crippen molar-refractivity contribution < 1.29 is 4.39 Å². The summed E-state index contributed by atoms with van der Waals surface area (Å²) in [7, 11) is 0. The van der Waals surface area contributed by atoms with Gasteiger partial charge in [0, 0.05) is 29.7 Å². The van der Waals surface area contributed by atoms with E-state index in [0.29, 0.717) is 11.6 Å². The number of aromatic nitrogens is 2. The van der Waals surface area contributed by atoms with Crippen LogP contribution in [0.4, 0.5) is 16.0 Å². The number of halogens is 1. The van der Waals surface area contributed by atoms with Gasteiger partial charge in [0.1, 0.15) is 5.82 Å². The summed E-state index contributed by atoms with van der Waals surface area (Å²) < 4.78 is 15.8. The third-order valence-corrected chi connectivity index (χ3v) is 4.15. The lowest BCUT2D eigenvalue weighted by Crippen LogP contribution is -2.14. The number of imidazole rings is 1. The summed E-state index contributed by atoms with van der Waals surface area (Å²) in [6.07, 6.45) is 10.1. The van der Waals surface area contributed by atoms with Crippen LogP contribution in [0.15, 0.2) is 30.6 Å². The van der Waals surface area contributed by atoms with E-state index in [2.05, 4.69) is 14.9 Å². The van der Waals surface area contributed by atoms with Gasteiger partial charge in [0.2, 0.25) is 5.95 Å². The molecule has 0 saturated heterocycles. The zero-order valence-corrected chi connectivity index (χ0v) is 11.8. The molecule has 1 N–H and O–H groups in total. The number of hydrogen-bond acceptors (Lipinski definition) is 2. The van der Waals surface area contributed by atoms with Crippen molar-refractivity contribution in [3.8, 4) is 0 Å². The molecule has 2 aromatic rings. The molecule has 1 saturated carbocycles. The first kappa shape index (κ1) is 13.2. The van der Waals surface area contributed by atoms with Crippen LogP contribution in [0.25, 0.3) is 0 Å². The van der Waals surface area contributed by atoms with Crippen molar-refractivity contribution >= 4 is 11.6 Å². The number of benzene rings is 1. The van der Waals surface area contributed by atoms with Gasteiger partial charge in [-0.15, -0.1) is 0 Å². The third-order valence-electron chi connectivity index (χ3n) is 4.15. The Kier molecular flexibility index (Phi) is 3.72. The Balaban J connectivity index is 1.84. The Labute approximate surface area is 118 Å². The first-order chi connectivity index (χ1) is 9.75. The number of nitrogens with zero attached hydrogens (tertiary/aromatic N) is 2. The molecule has 1 fully saturated rings. The van der Waals surface area contributed by atoms with Crippen molar-refractivity contribution in [3.63, 3.8) is 0 Å². The molecule has 0 amide bonds. The monoisotopic (exact) mass is 273 g/mol. The lowest BCUT2D eigenvalue weighted by Gasteiger charge is -2.25. The van der Waals surface area contributed by atoms with E-state index in [4.69, 9.17) is 0 Å². The molecule has 0 aliphatic heterocycles.